The van der Waals surface area contributed by atoms with Gasteiger partial charge in [-0.1, -0.05) is 36.4 Å². The summed E-state index contributed by atoms with van der Waals surface area (Å²) in [5.74, 6) is -0.0205. The summed E-state index contributed by atoms with van der Waals surface area (Å²) in [5.41, 5.74) is 0.631. The molecule has 0 aliphatic rings. The van der Waals surface area contributed by atoms with Crippen LogP contribution in [0.2, 0.25) is 0 Å². The van der Waals surface area contributed by atoms with Crippen molar-refractivity contribution in [2.75, 3.05) is 20.7 Å². The van der Waals surface area contributed by atoms with E-state index in [1.807, 2.05) is 30.3 Å². The van der Waals surface area contributed by atoms with Crippen molar-refractivity contribution in [2.45, 2.75) is 6.92 Å². The lowest BCUT2D eigenvalue weighted by Crippen LogP contribution is -2.25. The Kier molecular flexibility index (Phi) is 5.36. The van der Waals surface area contributed by atoms with Gasteiger partial charge in [-0.05, 0) is 18.4 Å². The van der Waals surface area contributed by atoms with Crippen LogP contribution < -0.4 is 4.74 Å². The van der Waals surface area contributed by atoms with Crippen molar-refractivity contribution < 1.29 is 19.1 Å². The van der Waals surface area contributed by atoms with Gasteiger partial charge in [0, 0.05) is 31.1 Å². The molecule has 0 bridgehead atoms. The molecule has 0 unspecified atom stereocenters. The van der Waals surface area contributed by atoms with E-state index in [4.69, 9.17) is 9.47 Å². The van der Waals surface area contributed by atoms with Crippen molar-refractivity contribution in [3.8, 4) is 5.75 Å². The van der Waals surface area contributed by atoms with Crippen LogP contribution in [0.25, 0.3) is 16.8 Å². The zero-order valence-electron chi connectivity index (χ0n) is 13.4. The fraction of sp³-hybridized carbons (Fsp3) is 0.222. The highest BCUT2D eigenvalue weighted by atomic mass is 16.6. The maximum Gasteiger partial charge on any atom is 0.414 e. The molecule has 0 saturated carbocycles. The van der Waals surface area contributed by atoms with Crippen LogP contribution in [0, 0.1) is 0 Å². The number of amides is 1. The first kappa shape index (κ1) is 16.5. The highest BCUT2D eigenvalue weighted by Gasteiger charge is 2.13. The van der Waals surface area contributed by atoms with Crippen molar-refractivity contribution in [3.63, 3.8) is 0 Å². The van der Waals surface area contributed by atoms with E-state index in [1.54, 1.807) is 33.2 Å². The van der Waals surface area contributed by atoms with Crippen molar-refractivity contribution in [3.05, 3.63) is 48.0 Å². The number of nitrogens with zero attached hydrogens (tertiary/aromatic N) is 1. The number of esters is 1. The molecule has 5 heteroatoms. The highest BCUT2D eigenvalue weighted by Crippen LogP contribution is 2.31. The van der Waals surface area contributed by atoms with Gasteiger partial charge < -0.3 is 14.4 Å². The Hall–Kier alpha value is -2.82. The van der Waals surface area contributed by atoms with Crippen molar-refractivity contribution in [2.24, 2.45) is 0 Å². The number of hydrogen-bond acceptors (Lipinski definition) is 4. The Labute approximate surface area is 135 Å². The molecule has 2 aromatic carbocycles. The molecule has 0 saturated heterocycles. The number of hydrogen-bond donors (Lipinski definition) is 0. The lowest BCUT2D eigenvalue weighted by molar-refractivity contribution is -0.137. The van der Waals surface area contributed by atoms with Gasteiger partial charge in [-0.2, -0.15) is 0 Å². The van der Waals surface area contributed by atoms with Gasteiger partial charge in [0.2, 0.25) is 0 Å². The predicted octanol–water partition coefficient (Wildman–Crippen LogP) is 3.48. The van der Waals surface area contributed by atoms with E-state index in [9.17, 15) is 9.59 Å². The summed E-state index contributed by atoms with van der Waals surface area (Å²) in [4.78, 5) is 24.8. The summed E-state index contributed by atoms with van der Waals surface area (Å²) in [6.07, 6.45) is 2.43. The van der Waals surface area contributed by atoms with Gasteiger partial charge in [0.05, 0.1) is 6.61 Å². The predicted molar refractivity (Wildman–Crippen MR) is 89.3 cm³/mol. The van der Waals surface area contributed by atoms with Gasteiger partial charge in [0.15, 0.2) is 0 Å². The Morgan fingerprint density at radius 2 is 1.87 bits per heavy atom. The topological polar surface area (TPSA) is 55.8 Å². The number of rotatable bonds is 4. The van der Waals surface area contributed by atoms with Crippen LogP contribution >= 0.6 is 0 Å². The molecule has 0 aliphatic carbocycles. The van der Waals surface area contributed by atoms with Crippen LogP contribution in [0.15, 0.2) is 42.5 Å². The summed E-state index contributed by atoms with van der Waals surface area (Å²) in [7, 11) is 3.23. The van der Waals surface area contributed by atoms with E-state index in [-0.39, 0.29) is 0 Å². The molecule has 0 aromatic heterocycles. The molecule has 0 radical (unpaired) electrons. The number of carbonyl (C=O) groups excluding carboxylic acids is 2. The fourth-order valence-electron chi connectivity index (χ4n) is 2.03. The molecule has 0 atom stereocenters. The van der Waals surface area contributed by atoms with E-state index < -0.39 is 12.1 Å². The Morgan fingerprint density at radius 3 is 2.57 bits per heavy atom. The van der Waals surface area contributed by atoms with Gasteiger partial charge in [-0.3, -0.25) is 0 Å². The molecule has 0 N–H and O–H groups in total. The third kappa shape index (κ3) is 4.10. The van der Waals surface area contributed by atoms with Crippen LogP contribution in [0.3, 0.4) is 0 Å². The number of benzene rings is 2. The van der Waals surface area contributed by atoms with E-state index >= 15 is 0 Å². The third-order valence-electron chi connectivity index (χ3n) is 3.15. The maximum atomic E-state index is 11.9. The Morgan fingerprint density at radius 1 is 1.13 bits per heavy atom. The average Bonchev–Trinajstić information content (AvgIpc) is 2.54. The molecule has 0 aliphatic heterocycles. The maximum absolute atomic E-state index is 11.9. The number of fused-ring (bicyclic) bond motifs is 1. The normalized spacial score (nSPS) is 10.7. The fourth-order valence-corrected chi connectivity index (χ4v) is 2.03. The molecule has 2 aromatic rings. The van der Waals surface area contributed by atoms with Gasteiger partial charge in [0.1, 0.15) is 5.75 Å². The third-order valence-corrected chi connectivity index (χ3v) is 3.15. The van der Waals surface area contributed by atoms with E-state index in [0.29, 0.717) is 17.9 Å². The number of ether oxygens (including phenoxy) is 2. The minimum Gasteiger partial charge on any atom is -0.463 e. The summed E-state index contributed by atoms with van der Waals surface area (Å²) >= 11 is 0. The van der Waals surface area contributed by atoms with Crippen molar-refractivity contribution in [1.29, 1.82) is 0 Å². The SMILES string of the molecule is CCOC(=O)/C=C\c1ccc2ccccc2c1OC(=O)N(C)C. The lowest BCUT2D eigenvalue weighted by atomic mass is 10.0. The zero-order valence-corrected chi connectivity index (χ0v) is 13.4. The first-order valence-corrected chi connectivity index (χ1v) is 7.28. The Balaban J connectivity index is 2.46. The average molecular weight is 313 g/mol. The van der Waals surface area contributed by atoms with Crippen LogP contribution in [-0.2, 0) is 9.53 Å². The van der Waals surface area contributed by atoms with Crippen LogP contribution in [0.1, 0.15) is 12.5 Å². The first-order chi connectivity index (χ1) is 11.0. The molecule has 0 heterocycles. The van der Waals surface area contributed by atoms with E-state index in [1.165, 1.54) is 11.0 Å². The van der Waals surface area contributed by atoms with Crippen LogP contribution in [-0.4, -0.2) is 37.7 Å². The van der Waals surface area contributed by atoms with Crippen molar-refractivity contribution >= 4 is 28.9 Å². The van der Waals surface area contributed by atoms with Crippen molar-refractivity contribution in [1.82, 2.24) is 4.90 Å². The molecule has 2 rings (SSSR count). The summed E-state index contributed by atoms with van der Waals surface area (Å²) < 4.78 is 10.4. The molecule has 5 nitrogen and oxygen atoms in total. The lowest BCUT2D eigenvalue weighted by Gasteiger charge is -2.14. The summed E-state index contributed by atoms with van der Waals surface area (Å²) in [6.45, 7) is 2.05. The standard InChI is InChI=1S/C18H19NO4/c1-4-22-16(20)12-11-14-10-9-13-7-5-6-8-15(13)17(14)23-18(21)19(2)3/h5-12H,4H2,1-3H3/b12-11-. The second kappa shape index (κ2) is 7.45. The molecular weight excluding hydrogens is 294 g/mol. The van der Waals surface area contributed by atoms with Crippen LogP contribution in [0.4, 0.5) is 4.79 Å². The molecule has 0 spiro atoms. The summed E-state index contributed by atoms with van der Waals surface area (Å²) in [6, 6.07) is 11.3. The number of carbonyl (C=O) groups is 2. The first-order valence-electron chi connectivity index (χ1n) is 7.28. The molecule has 120 valence electrons. The van der Waals surface area contributed by atoms with Gasteiger partial charge in [-0.15, -0.1) is 0 Å². The smallest absolute Gasteiger partial charge is 0.414 e. The molecule has 1 amide bonds. The quantitative estimate of drug-likeness (QED) is 0.640. The minimum atomic E-state index is -0.480. The summed E-state index contributed by atoms with van der Waals surface area (Å²) in [5, 5.41) is 1.75. The second-order valence-corrected chi connectivity index (χ2v) is 5.05. The van der Waals surface area contributed by atoms with Gasteiger partial charge in [0.25, 0.3) is 0 Å². The largest absolute Gasteiger partial charge is 0.463 e. The molecule has 0 fully saturated rings. The van der Waals surface area contributed by atoms with E-state index in [0.717, 1.165) is 10.8 Å². The van der Waals surface area contributed by atoms with Gasteiger partial charge in [-0.25, -0.2) is 9.59 Å². The molecule has 23 heavy (non-hydrogen) atoms. The minimum absolute atomic E-state index is 0.309. The van der Waals surface area contributed by atoms with E-state index in [2.05, 4.69) is 0 Å². The second-order valence-electron chi connectivity index (χ2n) is 5.05. The van der Waals surface area contributed by atoms with Crippen LogP contribution in [0.5, 0.6) is 5.75 Å². The molecular formula is C18H19NO4. The van der Waals surface area contributed by atoms with Gasteiger partial charge >= 0.3 is 12.1 Å². The zero-order chi connectivity index (χ0) is 16.8. The highest BCUT2D eigenvalue weighted by molar-refractivity contribution is 5.95. The Bertz CT molecular complexity index is 750. The monoisotopic (exact) mass is 313 g/mol.